The summed E-state index contributed by atoms with van der Waals surface area (Å²) in [5, 5.41) is 19.0. The van der Waals surface area contributed by atoms with Crippen molar-refractivity contribution in [1.29, 1.82) is 0 Å². The van der Waals surface area contributed by atoms with E-state index in [4.69, 9.17) is 10.1 Å². The monoisotopic (exact) mass is 286 g/mol. The van der Waals surface area contributed by atoms with Crippen LogP contribution in [0.25, 0.3) is 11.0 Å². The van der Waals surface area contributed by atoms with Gasteiger partial charge in [0.1, 0.15) is 5.82 Å². The molecule has 0 radical (unpaired) electrons. The predicted octanol–water partition coefficient (Wildman–Crippen LogP) is 2.48. The van der Waals surface area contributed by atoms with Gasteiger partial charge in [-0.3, -0.25) is 0 Å². The number of carboxylic acids is 1. The van der Waals surface area contributed by atoms with E-state index >= 15 is 0 Å². The third-order valence-electron chi connectivity index (χ3n) is 4.92. The van der Waals surface area contributed by atoms with Crippen LogP contribution in [0.1, 0.15) is 54.2 Å². The number of rotatable bonds is 4. The van der Waals surface area contributed by atoms with E-state index in [-0.39, 0.29) is 17.7 Å². The van der Waals surface area contributed by atoms with E-state index in [0.29, 0.717) is 5.92 Å². The molecule has 2 aromatic rings. The molecule has 5 heteroatoms. The van der Waals surface area contributed by atoms with E-state index in [0.717, 1.165) is 49.0 Å². The summed E-state index contributed by atoms with van der Waals surface area (Å²) in [6.45, 7) is 0.124. The fourth-order valence-electron chi connectivity index (χ4n) is 3.38. The van der Waals surface area contributed by atoms with E-state index in [1.54, 1.807) is 12.1 Å². The fourth-order valence-corrected chi connectivity index (χ4v) is 3.38. The highest BCUT2D eigenvalue weighted by Gasteiger charge is 2.43. The summed E-state index contributed by atoms with van der Waals surface area (Å²) in [5.74, 6) is 0.566. The first-order valence-corrected chi connectivity index (χ1v) is 7.52. The predicted molar refractivity (Wildman–Crippen MR) is 77.6 cm³/mol. The number of aromatic nitrogens is 2. The molecule has 2 aliphatic carbocycles. The maximum atomic E-state index is 11.1. The molecule has 2 saturated carbocycles. The fraction of sp³-hybridized carbons (Fsp3) is 0.500. The van der Waals surface area contributed by atoms with Gasteiger partial charge in [0.25, 0.3) is 0 Å². The Hall–Kier alpha value is -1.88. The van der Waals surface area contributed by atoms with Crippen LogP contribution in [-0.4, -0.2) is 32.3 Å². The Morgan fingerprint density at radius 1 is 1.38 bits per heavy atom. The Bertz CT molecular complexity index is 721. The van der Waals surface area contributed by atoms with Crippen molar-refractivity contribution in [1.82, 2.24) is 9.55 Å². The highest BCUT2D eigenvalue weighted by Crippen LogP contribution is 2.47. The molecule has 1 aromatic heterocycles. The summed E-state index contributed by atoms with van der Waals surface area (Å²) in [5.41, 5.74) is 1.73. The van der Waals surface area contributed by atoms with Gasteiger partial charge in [-0.25, -0.2) is 9.78 Å². The van der Waals surface area contributed by atoms with Crippen LogP contribution in [0.2, 0.25) is 0 Å². The van der Waals surface area contributed by atoms with Gasteiger partial charge in [0.05, 0.1) is 28.7 Å². The molecule has 0 saturated heterocycles. The van der Waals surface area contributed by atoms with Gasteiger partial charge in [-0.1, -0.05) is 0 Å². The first-order valence-electron chi connectivity index (χ1n) is 7.52. The molecule has 1 aromatic carbocycles. The second kappa shape index (κ2) is 4.31. The van der Waals surface area contributed by atoms with Gasteiger partial charge in [0, 0.05) is 5.92 Å². The van der Waals surface area contributed by atoms with Crippen LogP contribution in [0.15, 0.2) is 18.2 Å². The molecule has 0 aliphatic heterocycles. The molecule has 110 valence electrons. The van der Waals surface area contributed by atoms with Crippen molar-refractivity contribution in [3.05, 3.63) is 29.6 Å². The molecule has 5 nitrogen and oxygen atoms in total. The van der Waals surface area contributed by atoms with E-state index in [1.165, 1.54) is 0 Å². The summed E-state index contributed by atoms with van der Waals surface area (Å²) < 4.78 is 2.20. The number of carbonyl (C=O) groups is 1. The van der Waals surface area contributed by atoms with Gasteiger partial charge < -0.3 is 14.8 Å². The number of aromatic carboxylic acids is 1. The first kappa shape index (κ1) is 12.8. The maximum absolute atomic E-state index is 11.1. The molecule has 0 spiro atoms. The molecule has 1 heterocycles. The van der Waals surface area contributed by atoms with Crippen molar-refractivity contribution in [3.63, 3.8) is 0 Å². The minimum Gasteiger partial charge on any atom is -0.478 e. The zero-order chi connectivity index (χ0) is 14.6. The number of aliphatic hydroxyl groups excluding tert-OH is 1. The second-order valence-corrected chi connectivity index (χ2v) is 6.32. The minimum atomic E-state index is -0.931. The minimum absolute atomic E-state index is 0.124. The zero-order valence-corrected chi connectivity index (χ0v) is 11.7. The summed E-state index contributed by atoms with van der Waals surface area (Å²) in [6, 6.07) is 5.11. The number of nitrogens with zero attached hydrogens (tertiary/aromatic N) is 2. The van der Waals surface area contributed by atoms with Crippen molar-refractivity contribution in [2.24, 2.45) is 0 Å². The summed E-state index contributed by atoms with van der Waals surface area (Å²) in [7, 11) is 0. The van der Waals surface area contributed by atoms with Crippen LogP contribution in [0, 0.1) is 0 Å². The SMILES string of the molecule is O=C(O)c1ccc2c(c1)nc(C1CC1)n2C1(CO)CCC1. The molecule has 21 heavy (non-hydrogen) atoms. The Morgan fingerprint density at radius 3 is 2.67 bits per heavy atom. The van der Waals surface area contributed by atoms with Gasteiger partial charge in [-0.15, -0.1) is 0 Å². The van der Waals surface area contributed by atoms with Gasteiger partial charge in [-0.05, 0) is 50.3 Å². The summed E-state index contributed by atoms with van der Waals surface area (Å²) >= 11 is 0. The number of imidazole rings is 1. The third kappa shape index (κ3) is 1.80. The molecule has 4 rings (SSSR count). The van der Waals surface area contributed by atoms with Gasteiger partial charge in [0.15, 0.2) is 0 Å². The summed E-state index contributed by atoms with van der Waals surface area (Å²) in [6.07, 6.45) is 5.33. The molecular weight excluding hydrogens is 268 g/mol. The van der Waals surface area contributed by atoms with E-state index < -0.39 is 5.97 Å². The van der Waals surface area contributed by atoms with E-state index in [9.17, 15) is 9.90 Å². The third-order valence-corrected chi connectivity index (χ3v) is 4.92. The number of aliphatic hydroxyl groups is 1. The normalized spacial score (nSPS) is 20.4. The molecule has 0 bridgehead atoms. The standard InChI is InChI=1S/C16H18N2O3/c19-9-16(6-1-7-16)18-13-5-4-11(15(20)21)8-12(13)17-14(18)10-2-3-10/h4-5,8,10,19H,1-3,6-7,9H2,(H,20,21). The van der Waals surface area contributed by atoms with Gasteiger partial charge in [0.2, 0.25) is 0 Å². The molecule has 0 amide bonds. The largest absolute Gasteiger partial charge is 0.478 e. The average Bonchev–Trinajstić information content (AvgIpc) is 3.20. The van der Waals surface area contributed by atoms with E-state index in [1.807, 2.05) is 6.07 Å². The van der Waals surface area contributed by atoms with Crippen LogP contribution in [0.5, 0.6) is 0 Å². The Morgan fingerprint density at radius 2 is 2.14 bits per heavy atom. The van der Waals surface area contributed by atoms with Crippen LogP contribution in [-0.2, 0) is 5.54 Å². The molecular formula is C16H18N2O3. The number of hydrogen-bond donors (Lipinski definition) is 2. The zero-order valence-electron chi connectivity index (χ0n) is 11.7. The Kier molecular flexibility index (Phi) is 2.63. The lowest BCUT2D eigenvalue weighted by Gasteiger charge is -2.43. The maximum Gasteiger partial charge on any atom is 0.335 e. The van der Waals surface area contributed by atoms with Crippen LogP contribution in [0.4, 0.5) is 0 Å². The lowest BCUT2D eigenvalue weighted by atomic mass is 9.76. The number of benzene rings is 1. The van der Waals surface area contributed by atoms with Crippen molar-refractivity contribution in [3.8, 4) is 0 Å². The number of carboxylic acid groups (broad SMARTS) is 1. The van der Waals surface area contributed by atoms with Crippen LogP contribution >= 0.6 is 0 Å². The van der Waals surface area contributed by atoms with Gasteiger partial charge in [-0.2, -0.15) is 0 Å². The molecule has 0 unspecified atom stereocenters. The van der Waals surface area contributed by atoms with Crippen molar-refractivity contribution in [2.75, 3.05) is 6.61 Å². The molecule has 2 aliphatic rings. The Labute approximate surface area is 122 Å². The summed E-state index contributed by atoms with van der Waals surface area (Å²) in [4.78, 5) is 15.8. The van der Waals surface area contributed by atoms with Gasteiger partial charge >= 0.3 is 5.97 Å². The van der Waals surface area contributed by atoms with E-state index in [2.05, 4.69) is 4.57 Å². The first-order chi connectivity index (χ1) is 10.1. The molecule has 2 N–H and O–H groups in total. The Balaban J connectivity index is 1.94. The average molecular weight is 286 g/mol. The lowest BCUT2D eigenvalue weighted by Crippen LogP contribution is -2.44. The molecule has 2 fully saturated rings. The van der Waals surface area contributed by atoms with Crippen molar-refractivity contribution >= 4 is 17.0 Å². The second-order valence-electron chi connectivity index (χ2n) is 6.32. The quantitative estimate of drug-likeness (QED) is 0.905. The highest BCUT2D eigenvalue weighted by atomic mass is 16.4. The topological polar surface area (TPSA) is 75.3 Å². The van der Waals surface area contributed by atoms with Crippen molar-refractivity contribution < 1.29 is 15.0 Å². The smallest absolute Gasteiger partial charge is 0.335 e. The van der Waals surface area contributed by atoms with Crippen LogP contribution in [0.3, 0.4) is 0 Å². The lowest BCUT2D eigenvalue weighted by molar-refractivity contribution is 0.0563. The highest BCUT2D eigenvalue weighted by molar-refractivity contribution is 5.92. The number of fused-ring (bicyclic) bond motifs is 1. The number of hydrogen-bond acceptors (Lipinski definition) is 3. The molecule has 0 atom stereocenters. The van der Waals surface area contributed by atoms with Crippen LogP contribution < -0.4 is 0 Å². The van der Waals surface area contributed by atoms with Crippen molar-refractivity contribution in [2.45, 2.75) is 43.6 Å².